The minimum Gasteiger partial charge on any atom is -0.497 e. The molecule has 27 heavy (non-hydrogen) atoms. The number of thioether (sulfide) groups is 1. The number of nitrogens with zero attached hydrogens (tertiary/aromatic N) is 2. The van der Waals surface area contributed by atoms with Crippen molar-refractivity contribution in [3.8, 4) is 11.8 Å². The van der Waals surface area contributed by atoms with Crippen molar-refractivity contribution in [1.82, 2.24) is 0 Å². The number of nitrogens with two attached hydrogens (primary N) is 1. The summed E-state index contributed by atoms with van der Waals surface area (Å²) in [4.78, 5) is 27.9. The van der Waals surface area contributed by atoms with E-state index in [1.54, 1.807) is 31.4 Å². The monoisotopic (exact) mass is 383 g/mol. The molecular formula is C20H21N3O3S. The maximum absolute atomic E-state index is 13.4. The minimum atomic E-state index is -0.610. The smallest absolute Gasteiger partial charge is 0.248 e. The molecule has 1 aromatic carbocycles. The van der Waals surface area contributed by atoms with Crippen LogP contribution in [0, 0.1) is 22.7 Å². The zero-order valence-electron chi connectivity index (χ0n) is 15.1. The number of hydrogen-bond donors (Lipinski definition) is 1. The van der Waals surface area contributed by atoms with Crippen LogP contribution < -0.4 is 15.4 Å². The first kappa shape index (κ1) is 17.9. The first-order valence-corrected chi connectivity index (χ1v) is 10.0. The number of carbonyl (C=O) groups excluding carboxylic acids is 2. The number of anilines is 1. The van der Waals surface area contributed by atoms with Gasteiger partial charge in [0.1, 0.15) is 11.0 Å². The van der Waals surface area contributed by atoms with E-state index in [9.17, 15) is 14.9 Å². The summed E-state index contributed by atoms with van der Waals surface area (Å²) >= 11 is 1.17. The van der Waals surface area contributed by atoms with E-state index in [1.165, 1.54) is 16.7 Å². The lowest BCUT2D eigenvalue weighted by Gasteiger charge is -2.45. The number of carbonyl (C=O) groups is 2. The van der Waals surface area contributed by atoms with Gasteiger partial charge in [0.25, 0.3) is 0 Å². The van der Waals surface area contributed by atoms with Gasteiger partial charge in [0, 0.05) is 5.41 Å². The fourth-order valence-electron chi connectivity index (χ4n) is 4.78. The Kier molecular flexibility index (Phi) is 4.39. The molecule has 1 saturated carbocycles. The molecule has 2 aliphatic heterocycles. The number of amides is 2. The highest BCUT2D eigenvalue weighted by atomic mass is 32.2. The van der Waals surface area contributed by atoms with Gasteiger partial charge in [0.05, 0.1) is 35.4 Å². The van der Waals surface area contributed by atoms with E-state index in [2.05, 4.69) is 6.07 Å². The summed E-state index contributed by atoms with van der Waals surface area (Å²) in [6.07, 6.45) is 4.42. The van der Waals surface area contributed by atoms with Gasteiger partial charge >= 0.3 is 0 Å². The van der Waals surface area contributed by atoms with Crippen molar-refractivity contribution < 1.29 is 14.3 Å². The number of ether oxygens (including phenoxy) is 1. The van der Waals surface area contributed by atoms with Crippen molar-refractivity contribution >= 4 is 29.3 Å². The van der Waals surface area contributed by atoms with Crippen molar-refractivity contribution in [3.63, 3.8) is 0 Å². The summed E-state index contributed by atoms with van der Waals surface area (Å²) < 4.78 is 5.16. The predicted molar refractivity (Wildman–Crippen MR) is 103 cm³/mol. The molecule has 1 aromatic rings. The van der Waals surface area contributed by atoms with Crippen LogP contribution in [0.15, 0.2) is 34.9 Å². The molecule has 1 spiro atoms. The van der Waals surface area contributed by atoms with Crippen LogP contribution in [0.3, 0.4) is 0 Å². The predicted octanol–water partition coefficient (Wildman–Crippen LogP) is 2.94. The highest BCUT2D eigenvalue weighted by molar-refractivity contribution is 8.04. The van der Waals surface area contributed by atoms with Crippen LogP contribution in [0.5, 0.6) is 5.75 Å². The second-order valence-corrected chi connectivity index (χ2v) is 8.48. The van der Waals surface area contributed by atoms with Gasteiger partial charge in [-0.25, -0.2) is 4.90 Å². The molecule has 2 atom stereocenters. The average molecular weight is 383 g/mol. The molecule has 2 fully saturated rings. The van der Waals surface area contributed by atoms with Gasteiger partial charge in [-0.15, -0.1) is 0 Å². The third kappa shape index (κ3) is 2.54. The normalized spacial score (nSPS) is 26.9. The zero-order chi connectivity index (χ0) is 19.2. The van der Waals surface area contributed by atoms with Crippen molar-refractivity contribution in [2.45, 2.75) is 37.4 Å². The van der Waals surface area contributed by atoms with Crippen molar-refractivity contribution in [1.29, 1.82) is 5.26 Å². The molecule has 6 nitrogen and oxygen atoms in total. The molecule has 3 aliphatic rings. The topological polar surface area (TPSA) is 96.4 Å². The molecule has 2 amide bonds. The highest BCUT2D eigenvalue weighted by Gasteiger charge is 2.62. The number of nitriles is 1. The number of fused-ring (bicyclic) bond motifs is 2. The van der Waals surface area contributed by atoms with Crippen LogP contribution in [0.1, 0.15) is 32.1 Å². The summed E-state index contributed by atoms with van der Waals surface area (Å²) in [6.45, 7) is 0. The number of rotatable bonds is 2. The third-order valence-electron chi connectivity index (χ3n) is 6.03. The van der Waals surface area contributed by atoms with E-state index in [0.717, 1.165) is 32.1 Å². The summed E-state index contributed by atoms with van der Waals surface area (Å²) in [7, 11) is 1.57. The lowest BCUT2D eigenvalue weighted by molar-refractivity contribution is -0.124. The summed E-state index contributed by atoms with van der Waals surface area (Å²) in [5.41, 5.74) is 6.63. The molecule has 140 valence electrons. The molecule has 0 aromatic heterocycles. The first-order valence-electron chi connectivity index (χ1n) is 9.12. The molecule has 0 unspecified atom stereocenters. The fourth-order valence-corrected chi connectivity index (χ4v) is 6.14. The van der Waals surface area contributed by atoms with Gasteiger partial charge in [0.2, 0.25) is 11.8 Å². The van der Waals surface area contributed by atoms with Gasteiger partial charge in [-0.3, -0.25) is 9.59 Å². The van der Waals surface area contributed by atoms with Crippen LogP contribution in [-0.2, 0) is 9.59 Å². The number of hydrogen-bond acceptors (Lipinski definition) is 6. The van der Waals surface area contributed by atoms with E-state index in [-0.39, 0.29) is 11.8 Å². The standard InChI is InChI=1S/C20H21N3O3S/c1-26-13-7-5-12(6-8-13)23-18(24)15-16(19(23)25)27-17(22)14(11-21)20(15)9-3-2-4-10-20/h5-8,15-16H,2-4,9-10,22H2,1H3/t15-,16-/m1/s1. The van der Waals surface area contributed by atoms with Crippen LogP contribution >= 0.6 is 11.8 Å². The lowest BCUT2D eigenvalue weighted by Crippen LogP contribution is -2.46. The van der Waals surface area contributed by atoms with Gasteiger partial charge in [-0.1, -0.05) is 31.0 Å². The summed E-state index contributed by atoms with van der Waals surface area (Å²) in [5.74, 6) is -0.333. The Bertz CT molecular complexity index is 865. The number of imide groups is 1. The second-order valence-electron chi connectivity index (χ2n) is 7.29. The Hall–Kier alpha value is -2.46. The summed E-state index contributed by atoms with van der Waals surface area (Å²) in [5, 5.41) is 9.61. The summed E-state index contributed by atoms with van der Waals surface area (Å²) in [6, 6.07) is 9.16. The van der Waals surface area contributed by atoms with Crippen LogP contribution in [0.4, 0.5) is 5.69 Å². The maximum Gasteiger partial charge on any atom is 0.248 e. The first-order chi connectivity index (χ1) is 13.0. The van der Waals surface area contributed by atoms with E-state index in [0.29, 0.717) is 22.0 Å². The quantitative estimate of drug-likeness (QED) is 0.789. The molecule has 2 heterocycles. The maximum atomic E-state index is 13.4. The van der Waals surface area contributed by atoms with E-state index in [4.69, 9.17) is 10.5 Å². The largest absolute Gasteiger partial charge is 0.497 e. The van der Waals surface area contributed by atoms with E-state index >= 15 is 0 Å². The van der Waals surface area contributed by atoms with Crippen molar-refractivity contribution in [2.24, 2.45) is 17.1 Å². The second kappa shape index (κ2) is 6.61. The number of methoxy groups -OCH3 is 1. The Morgan fingerprint density at radius 2 is 1.85 bits per heavy atom. The molecule has 1 aliphatic carbocycles. The molecular weight excluding hydrogens is 362 g/mol. The Morgan fingerprint density at radius 3 is 2.44 bits per heavy atom. The number of allylic oxidation sites excluding steroid dienone is 1. The van der Waals surface area contributed by atoms with E-state index < -0.39 is 16.6 Å². The van der Waals surface area contributed by atoms with Crippen molar-refractivity contribution in [2.75, 3.05) is 12.0 Å². The Balaban J connectivity index is 1.78. The molecule has 1 saturated heterocycles. The number of benzene rings is 1. The third-order valence-corrected chi connectivity index (χ3v) is 7.22. The van der Waals surface area contributed by atoms with Crippen LogP contribution in [0.25, 0.3) is 0 Å². The van der Waals surface area contributed by atoms with E-state index in [1.807, 2.05) is 0 Å². The minimum absolute atomic E-state index is 0.218. The van der Waals surface area contributed by atoms with Gasteiger partial charge in [-0.05, 0) is 37.1 Å². The van der Waals surface area contributed by atoms with Gasteiger partial charge < -0.3 is 10.5 Å². The average Bonchev–Trinajstić information content (AvgIpc) is 2.93. The Labute approximate surface area is 162 Å². The molecule has 0 radical (unpaired) electrons. The lowest BCUT2D eigenvalue weighted by atomic mass is 9.61. The molecule has 4 rings (SSSR count). The van der Waals surface area contributed by atoms with Gasteiger partial charge in [-0.2, -0.15) is 5.26 Å². The SMILES string of the molecule is COc1ccc(N2C(=O)[C@@H]3SC(N)=C(C#N)C4(CCCCC4)[C@H]3C2=O)cc1. The van der Waals surface area contributed by atoms with Gasteiger partial charge in [0.15, 0.2) is 0 Å². The molecule has 0 bridgehead atoms. The van der Waals surface area contributed by atoms with Crippen LogP contribution in [-0.4, -0.2) is 24.2 Å². The Morgan fingerprint density at radius 1 is 1.19 bits per heavy atom. The highest BCUT2D eigenvalue weighted by Crippen LogP contribution is 2.59. The molecule has 2 N–H and O–H groups in total. The zero-order valence-corrected chi connectivity index (χ0v) is 15.9. The molecule has 7 heteroatoms. The van der Waals surface area contributed by atoms with Crippen LogP contribution in [0.2, 0.25) is 0 Å². The fraction of sp³-hybridized carbons (Fsp3) is 0.450. The van der Waals surface area contributed by atoms with Crippen molar-refractivity contribution in [3.05, 3.63) is 34.9 Å².